The average Bonchev–Trinajstić information content (AvgIpc) is 3.70. The van der Waals surface area contributed by atoms with E-state index in [4.69, 9.17) is 9.05 Å². The van der Waals surface area contributed by atoms with Crippen LogP contribution in [0.25, 0.3) is 0 Å². The number of amides is 1. The van der Waals surface area contributed by atoms with Crippen LogP contribution < -0.4 is 5.32 Å². The molecule has 0 spiro atoms. The summed E-state index contributed by atoms with van der Waals surface area (Å²) >= 11 is 0. The van der Waals surface area contributed by atoms with E-state index in [1.165, 1.54) is 340 Å². The van der Waals surface area contributed by atoms with Gasteiger partial charge in [-0.2, -0.15) is 0 Å². The van der Waals surface area contributed by atoms with Gasteiger partial charge in [-0.3, -0.25) is 13.8 Å². The van der Waals surface area contributed by atoms with Crippen LogP contribution >= 0.6 is 7.82 Å². The summed E-state index contributed by atoms with van der Waals surface area (Å²) in [5.74, 6) is -0.182. The molecule has 0 radical (unpaired) electrons. The lowest BCUT2D eigenvalue weighted by atomic mass is 10.0. The largest absolute Gasteiger partial charge is 0.472 e. The zero-order valence-electron chi connectivity index (χ0n) is 59.3. The molecule has 1 amide bonds. The van der Waals surface area contributed by atoms with Crippen LogP contribution in [0, 0.1) is 0 Å². The summed E-state index contributed by atoms with van der Waals surface area (Å²) in [5, 5.41) is 14.0. The fourth-order valence-electron chi connectivity index (χ4n) is 12.1. The Balaban J connectivity index is 3.96. The first kappa shape index (κ1) is 85.7. The smallest absolute Gasteiger partial charge is 0.387 e. The van der Waals surface area contributed by atoms with Crippen LogP contribution in [0.2, 0.25) is 0 Å². The number of aliphatic hydroxyl groups is 1. The first-order chi connectivity index (χ1) is 42.5. The minimum Gasteiger partial charge on any atom is -0.387 e. The normalized spacial score (nSPS) is 13.7. The van der Waals surface area contributed by atoms with E-state index < -0.39 is 20.0 Å². The Morgan fingerprint density at radius 1 is 0.379 bits per heavy atom. The quantitative estimate of drug-likeness (QED) is 0.0243. The molecule has 0 bridgehead atoms. The maximum atomic E-state index is 13.1. The van der Waals surface area contributed by atoms with E-state index in [-0.39, 0.29) is 19.1 Å². The third-order valence-electron chi connectivity index (χ3n) is 18.1. The highest BCUT2D eigenvalue weighted by Gasteiger charge is 2.28. The van der Waals surface area contributed by atoms with Gasteiger partial charge in [0.05, 0.1) is 39.9 Å². The molecule has 9 heteroatoms. The lowest BCUT2D eigenvalue weighted by Gasteiger charge is -2.25. The lowest BCUT2D eigenvalue weighted by Crippen LogP contribution is -2.45. The Kier molecular flexibility index (Phi) is 68.1. The summed E-state index contributed by atoms with van der Waals surface area (Å²) in [5.41, 5.74) is 0. The molecule has 3 atom stereocenters. The summed E-state index contributed by atoms with van der Waals surface area (Å²) < 4.78 is 23.8. The van der Waals surface area contributed by atoms with Crippen molar-refractivity contribution >= 4 is 13.7 Å². The van der Waals surface area contributed by atoms with Crippen molar-refractivity contribution in [1.82, 2.24) is 5.32 Å². The standard InChI is InChI=1S/C78H153N2O6P/c1-6-8-10-12-14-16-18-20-22-24-26-28-30-32-34-35-36-37-38-39-40-41-42-43-44-45-46-48-50-52-54-56-58-60-62-64-66-68-70-72-78(82)79-76(75-86-87(83,84)85-74-73-80(3,4)5)77(81)71-69-67-65-63-61-59-57-55-53-51-49-47-33-31-29-27-25-23-21-19-17-15-13-11-9-7-2/h53,55,61,63,69,71,76-77,81H,6-52,54,56-60,62,64-68,70,72-75H2,1-5H3,(H-,79,82,83,84)/p+1/b55-53+,63-61+,71-69+. The van der Waals surface area contributed by atoms with Crippen LogP contribution in [-0.4, -0.2) is 73.4 Å². The second kappa shape index (κ2) is 69.1. The Bertz CT molecular complexity index is 1510. The van der Waals surface area contributed by atoms with Gasteiger partial charge in [-0.15, -0.1) is 0 Å². The van der Waals surface area contributed by atoms with E-state index in [1.54, 1.807) is 6.08 Å². The van der Waals surface area contributed by atoms with Gasteiger partial charge >= 0.3 is 7.82 Å². The summed E-state index contributed by atoms with van der Waals surface area (Å²) in [7, 11) is 1.56. The Labute approximate surface area is 544 Å². The summed E-state index contributed by atoms with van der Waals surface area (Å²) in [6, 6.07) is -0.870. The van der Waals surface area contributed by atoms with Crippen molar-refractivity contribution in [1.29, 1.82) is 0 Å². The molecule has 0 saturated heterocycles. The van der Waals surface area contributed by atoms with Crippen molar-refractivity contribution < 1.29 is 32.9 Å². The monoisotopic (exact) mass is 1250 g/mol. The minimum atomic E-state index is -4.37. The van der Waals surface area contributed by atoms with Gasteiger partial charge in [0.15, 0.2) is 0 Å². The number of allylic oxidation sites excluding steroid dienone is 5. The predicted octanol–water partition coefficient (Wildman–Crippen LogP) is 25.2. The molecule has 8 nitrogen and oxygen atoms in total. The number of unbranched alkanes of at least 4 members (excludes halogenated alkanes) is 56. The second-order valence-corrected chi connectivity index (χ2v) is 29.5. The minimum absolute atomic E-state index is 0.0555. The number of hydrogen-bond donors (Lipinski definition) is 3. The van der Waals surface area contributed by atoms with E-state index >= 15 is 0 Å². The number of carbonyl (C=O) groups is 1. The topological polar surface area (TPSA) is 105 Å². The van der Waals surface area contributed by atoms with Crippen molar-refractivity contribution in [3.63, 3.8) is 0 Å². The summed E-state index contributed by atoms with van der Waals surface area (Å²) in [4.78, 5) is 23.4. The first-order valence-electron chi connectivity index (χ1n) is 38.9. The molecule has 87 heavy (non-hydrogen) atoms. The first-order valence-corrected chi connectivity index (χ1v) is 40.4. The molecule has 0 rings (SSSR count). The number of phosphoric acid groups is 1. The number of quaternary nitrogens is 1. The molecule has 0 aliphatic rings. The van der Waals surface area contributed by atoms with Gasteiger partial charge in [0.25, 0.3) is 0 Å². The van der Waals surface area contributed by atoms with E-state index in [9.17, 15) is 19.4 Å². The molecule has 0 fully saturated rings. The van der Waals surface area contributed by atoms with Crippen molar-refractivity contribution in [2.24, 2.45) is 0 Å². The number of nitrogens with one attached hydrogen (secondary N) is 1. The highest BCUT2D eigenvalue weighted by atomic mass is 31.2. The summed E-state index contributed by atoms with van der Waals surface area (Å²) in [6.07, 6.45) is 93.5. The molecule has 0 aromatic carbocycles. The number of likely N-dealkylation sites (N-methyl/N-ethyl adjacent to an activating group) is 1. The molecule has 3 N–H and O–H groups in total. The van der Waals surface area contributed by atoms with Gasteiger partial charge < -0.3 is 19.8 Å². The third kappa shape index (κ3) is 72.0. The van der Waals surface area contributed by atoms with E-state index in [0.717, 1.165) is 44.9 Å². The predicted molar refractivity (Wildman–Crippen MR) is 383 cm³/mol. The lowest BCUT2D eigenvalue weighted by molar-refractivity contribution is -0.870. The molecule has 0 aliphatic carbocycles. The van der Waals surface area contributed by atoms with Gasteiger partial charge in [0.2, 0.25) is 5.91 Å². The van der Waals surface area contributed by atoms with Crippen LogP contribution in [-0.2, 0) is 18.4 Å². The van der Waals surface area contributed by atoms with Crippen LogP contribution in [0.3, 0.4) is 0 Å². The zero-order valence-corrected chi connectivity index (χ0v) is 60.2. The molecule has 0 aromatic rings. The van der Waals surface area contributed by atoms with E-state index in [1.807, 2.05) is 27.2 Å². The zero-order chi connectivity index (χ0) is 63.4. The van der Waals surface area contributed by atoms with Crippen LogP contribution in [0.1, 0.15) is 406 Å². The number of nitrogens with zero attached hydrogens (tertiary/aromatic N) is 1. The SMILES string of the molecule is CCCCCCCCCCCCCCCCCC/C=C/CC/C=C/CC/C=C/C(O)C(COP(=O)(O)OCC[N+](C)(C)C)NC(=O)CCCCCCCCCCCCCCCCCCCCCCCCCCCCCCCCCCCCCCCCC. The molecular weight excluding hydrogens is 1090 g/mol. The molecule has 0 aliphatic heterocycles. The van der Waals surface area contributed by atoms with Crippen LogP contribution in [0.5, 0.6) is 0 Å². The number of carbonyl (C=O) groups excluding carboxylic acids is 1. The van der Waals surface area contributed by atoms with Crippen molar-refractivity contribution in [3.05, 3.63) is 36.5 Å². The van der Waals surface area contributed by atoms with Crippen molar-refractivity contribution in [3.8, 4) is 0 Å². The van der Waals surface area contributed by atoms with Gasteiger partial charge in [0.1, 0.15) is 13.2 Å². The second-order valence-electron chi connectivity index (χ2n) is 28.1. The van der Waals surface area contributed by atoms with E-state index in [0.29, 0.717) is 17.4 Å². The van der Waals surface area contributed by atoms with Gasteiger partial charge in [-0.1, -0.05) is 391 Å². The Morgan fingerprint density at radius 2 is 0.632 bits per heavy atom. The molecule has 0 heterocycles. The summed E-state index contributed by atoms with van der Waals surface area (Å²) in [6.45, 7) is 4.85. The fourth-order valence-corrected chi connectivity index (χ4v) is 12.8. The third-order valence-corrected chi connectivity index (χ3v) is 19.1. The highest BCUT2D eigenvalue weighted by molar-refractivity contribution is 7.47. The van der Waals surface area contributed by atoms with Gasteiger partial charge in [-0.25, -0.2) is 4.57 Å². The number of hydrogen-bond acceptors (Lipinski definition) is 5. The average molecular weight is 1250 g/mol. The Morgan fingerprint density at radius 3 is 0.920 bits per heavy atom. The number of phosphoric ester groups is 1. The molecule has 516 valence electrons. The van der Waals surface area contributed by atoms with Crippen molar-refractivity contribution in [2.45, 2.75) is 418 Å². The number of rotatable bonds is 73. The molecule has 3 unspecified atom stereocenters. The van der Waals surface area contributed by atoms with E-state index in [2.05, 4.69) is 43.5 Å². The Hall–Kier alpha value is -1.28. The fraction of sp³-hybridized carbons (Fsp3) is 0.910. The van der Waals surface area contributed by atoms with Gasteiger partial charge in [-0.05, 0) is 44.9 Å². The number of aliphatic hydroxyl groups excluding tert-OH is 1. The maximum Gasteiger partial charge on any atom is 0.472 e. The molecular formula is C78H154N2O6P+. The highest BCUT2D eigenvalue weighted by Crippen LogP contribution is 2.43. The van der Waals surface area contributed by atoms with Crippen LogP contribution in [0.4, 0.5) is 0 Å². The molecule has 0 saturated carbocycles. The maximum absolute atomic E-state index is 13.1. The van der Waals surface area contributed by atoms with Crippen LogP contribution in [0.15, 0.2) is 36.5 Å². The van der Waals surface area contributed by atoms with Gasteiger partial charge in [0, 0.05) is 6.42 Å². The van der Waals surface area contributed by atoms with Crippen molar-refractivity contribution in [2.75, 3.05) is 40.9 Å². The molecule has 0 aromatic heterocycles.